The number of fused-ring (bicyclic) bond motifs is 5. The smallest absolute Gasteiger partial charge is 0.433 e. The highest BCUT2D eigenvalue weighted by Gasteiger charge is 2.61. The predicted octanol–water partition coefficient (Wildman–Crippen LogP) is 5.60. The van der Waals surface area contributed by atoms with Gasteiger partial charge in [-0.1, -0.05) is 31.2 Å². The van der Waals surface area contributed by atoms with Gasteiger partial charge in [0.25, 0.3) is 0 Å². The van der Waals surface area contributed by atoms with Crippen molar-refractivity contribution >= 4 is 5.69 Å². The standard InChI is InChI=1S/C43H54F3N3O7/c1-41-17-14-31-30-13-11-29(51)24-27(30)8-12-32(31)33(41)15-18-42(41,54)16-3-19-48-20-22-49(23-21-48)28-9-6-26(7-10-28)39-40(38(53)37(52)34(25-50)55-39)56-36-5-2-4-35(47-36)43(44,45)46/h2,4-7,9-11,13,24,31-34,37-40,50-54H,3,8,12,14-23,25H2,1H3/t31-,32-,33+,34-,37+,38+,39-,40-,41+,42+/m1/s1. The van der Waals surface area contributed by atoms with E-state index in [1.54, 1.807) is 0 Å². The van der Waals surface area contributed by atoms with Crippen molar-refractivity contribution in [3.05, 3.63) is 83.0 Å². The number of halogens is 3. The van der Waals surface area contributed by atoms with Gasteiger partial charge in [-0.15, -0.1) is 0 Å². The van der Waals surface area contributed by atoms with E-state index >= 15 is 0 Å². The summed E-state index contributed by atoms with van der Waals surface area (Å²) in [6, 6.07) is 16.6. The van der Waals surface area contributed by atoms with Crippen molar-refractivity contribution in [2.45, 2.75) is 107 Å². The van der Waals surface area contributed by atoms with Crippen molar-refractivity contribution in [3.8, 4) is 11.6 Å². The van der Waals surface area contributed by atoms with E-state index in [9.17, 15) is 38.7 Å². The Labute approximate surface area is 325 Å². The molecule has 3 aliphatic carbocycles. The van der Waals surface area contributed by atoms with Crippen LogP contribution in [0.4, 0.5) is 18.9 Å². The topological polar surface area (TPSA) is 139 Å². The molecular formula is C43H54F3N3O7. The largest absolute Gasteiger partial charge is 0.508 e. The molecule has 1 aromatic heterocycles. The molecule has 2 saturated heterocycles. The second-order valence-corrected chi connectivity index (χ2v) is 17.0. The highest BCUT2D eigenvalue weighted by Crippen LogP contribution is 2.65. The van der Waals surface area contributed by atoms with Gasteiger partial charge < -0.3 is 39.9 Å². The maximum absolute atomic E-state index is 13.3. The summed E-state index contributed by atoms with van der Waals surface area (Å²) in [5.74, 6) is 1.61. The molecular weight excluding hydrogens is 727 g/mol. The first kappa shape index (κ1) is 39.4. The monoisotopic (exact) mass is 781 g/mol. The Hall–Kier alpha value is -3.46. The molecule has 13 heteroatoms. The van der Waals surface area contributed by atoms with E-state index in [1.165, 1.54) is 17.2 Å². The van der Waals surface area contributed by atoms with Gasteiger partial charge in [-0.05, 0) is 128 Å². The number of anilines is 1. The van der Waals surface area contributed by atoms with Gasteiger partial charge in [0.1, 0.15) is 35.9 Å². The Balaban J connectivity index is 0.856. The summed E-state index contributed by atoms with van der Waals surface area (Å²) in [5.41, 5.74) is 2.38. The second kappa shape index (κ2) is 15.4. The summed E-state index contributed by atoms with van der Waals surface area (Å²) >= 11 is 0. The lowest BCUT2D eigenvalue weighted by Crippen LogP contribution is -2.57. The number of aromatic hydroxyl groups is 1. The molecule has 0 radical (unpaired) electrons. The quantitative estimate of drug-likeness (QED) is 0.187. The molecule has 10 nitrogen and oxygen atoms in total. The van der Waals surface area contributed by atoms with Gasteiger partial charge in [-0.3, -0.25) is 4.90 Å². The van der Waals surface area contributed by atoms with Crippen molar-refractivity contribution in [2.24, 2.45) is 17.3 Å². The molecule has 4 fully saturated rings. The molecule has 0 bridgehead atoms. The van der Waals surface area contributed by atoms with Gasteiger partial charge >= 0.3 is 6.18 Å². The maximum atomic E-state index is 13.3. The first-order chi connectivity index (χ1) is 26.8. The molecule has 3 heterocycles. The summed E-state index contributed by atoms with van der Waals surface area (Å²) in [4.78, 5) is 8.31. The Kier molecular flexibility index (Phi) is 10.8. The van der Waals surface area contributed by atoms with E-state index in [-0.39, 0.29) is 11.3 Å². The van der Waals surface area contributed by atoms with Crippen molar-refractivity contribution < 1.29 is 48.2 Å². The lowest BCUT2D eigenvalue weighted by molar-refractivity contribution is -0.226. The van der Waals surface area contributed by atoms with E-state index < -0.39 is 54.6 Å². The van der Waals surface area contributed by atoms with Gasteiger partial charge in [0, 0.05) is 37.9 Å². The molecule has 2 aliphatic heterocycles. The number of aliphatic hydroxyl groups excluding tert-OH is 3. The number of hydrogen-bond acceptors (Lipinski definition) is 10. The Morgan fingerprint density at radius 3 is 2.45 bits per heavy atom. The zero-order valence-corrected chi connectivity index (χ0v) is 31.8. The minimum Gasteiger partial charge on any atom is -0.508 e. The molecule has 0 unspecified atom stereocenters. The molecule has 5 aliphatic rings. The van der Waals surface area contributed by atoms with Crippen LogP contribution in [0.25, 0.3) is 0 Å². The number of phenolic OH excluding ortho intramolecular Hbond substituents is 1. The maximum Gasteiger partial charge on any atom is 0.433 e. The number of ether oxygens (including phenoxy) is 2. The van der Waals surface area contributed by atoms with Crippen molar-refractivity contribution in [1.29, 1.82) is 0 Å². The Bertz CT molecular complexity index is 1840. The normalized spacial score (nSPS) is 34.8. The van der Waals surface area contributed by atoms with Crippen LogP contribution >= 0.6 is 0 Å². The fourth-order valence-corrected chi connectivity index (χ4v) is 11.1. The third-order valence-electron chi connectivity index (χ3n) is 14.2. The highest BCUT2D eigenvalue weighted by atomic mass is 19.4. The van der Waals surface area contributed by atoms with Crippen LogP contribution in [0.15, 0.2) is 60.7 Å². The van der Waals surface area contributed by atoms with Crippen LogP contribution < -0.4 is 9.64 Å². The fraction of sp³-hybridized carbons (Fsp3) is 0.605. The highest BCUT2D eigenvalue weighted by molar-refractivity contribution is 5.49. The molecule has 56 heavy (non-hydrogen) atoms. The molecule has 0 amide bonds. The van der Waals surface area contributed by atoms with Crippen molar-refractivity contribution in [1.82, 2.24) is 9.88 Å². The zero-order valence-electron chi connectivity index (χ0n) is 31.8. The summed E-state index contributed by atoms with van der Waals surface area (Å²) in [6.45, 7) is 6.11. The number of benzene rings is 2. The molecule has 304 valence electrons. The van der Waals surface area contributed by atoms with Gasteiger partial charge in [0.2, 0.25) is 5.88 Å². The van der Waals surface area contributed by atoms with E-state index in [1.807, 2.05) is 36.4 Å². The average Bonchev–Trinajstić information content (AvgIpc) is 3.46. The van der Waals surface area contributed by atoms with Gasteiger partial charge in [0.05, 0.1) is 12.2 Å². The van der Waals surface area contributed by atoms with Crippen molar-refractivity contribution in [3.63, 3.8) is 0 Å². The molecule has 2 saturated carbocycles. The lowest BCUT2D eigenvalue weighted by Gasteiger charge is -2.53. The molecule has 5 N–H and O–H groups in total. The number of phenols is 1. The summed E-state index contributed by atoms with van der Waals surface area (Å²) < 4.78 is 51.7. The lowest BCUT2D eigenvalue weighted by atomic mass is 9.53. The predicted molar refractivity (Wildman–Crippen MR) is 202 cm³/mol. The van der Waals surface area contributed by atoms with Gasteiger partial charge in [0.15, 0.2) is 6.10 Å². The third kappa shape index (κ3) is 7.28. The number of aromatic nitrogens is 1. The molecule has 3 aromatic rings. The Morgan fingerprint density at radius 2 is 1.71 bits per heavy atom. The summed E-state index contributed by atoms with van der Waals surface area (Å²) in [5, 5.41) is 53.7. The van der Waals surface area contributed by atoms with E-state index in [4.69, 9.17) is 9.47 Å². The van der Waals surface area contributed by atoms with Crippen LogP contribution in [-0.2, 0) is 17.3 Å². The number of rotatable bonds is 9. The van der Waals surface area contributed by atoms with E-state index in [0.717, 1.165) is 102 Å². The SMILES string of the molecule is C[C@]12CC[C@@H]3c4ccc(O)cc4CC[C@H]3[C@@H]1CC[C@@]2(O)CCCN1CCN(c2ccc([C@H]3O[C@H](CO)[C@H](O)[C@H](O)[C@H]3Oc3cccc(C(F)(F)F)n3)cc2)CC1. The molecule has 8 rings (SSSR count). The van der Waals surface area contributed by atoms with Crippen LogP contribution in [0.5, 0.6) is 11.6 Å². The molecule has 0 spiro atoms. The number of pyridine rings is 1. The zero-order chi connectivity index (χ0) is 39.4. The number of alkyl halides is 3. The number of aliphatic hydroxyl groups is 4. The van der Waals surface area contributed by atoms with E-state index in [2.05, 4.69) is 27.8 Å². The third-order valence-corrected chi connectivity index (χ3v) is 14.2. The van der Waals surface area contributed by atoms with Crippen LogP contribution in [0.2, 0.25) is 0 Å². The van der Waals surface area contributed by atoms with Crippen LogP contribution in [0, 0.1) is 17.3 Å². The minimum absolute atomic E-state index is 0.0752. The van der Waals surface area contributed by atoms with Crippen LogP contribution in [0.3, 0.4) is 0 Å². The summed E-state index contributed by atoms with van der Waals surface area (Å²) in [6.07, 6.45) is -3.28. The number of hydrogen-bond donors (Lipinski definition) is 5. The second-order valence-electron chi connectivity index (χ2n) is 17.0. The Morgan fingerprint density at radius 1 is 0.946 bits per heavy atom. The fourth-order valence-electron chi connectivity index (χ4n) is 11.1. The van der Waals surface area contributed by atoms with Crippen LogP contribution in [-0.4, -0.2) is 105 Å². The first-order valence-electron chi connectivity index (χ1n) is 20.2. The molecule has 2 aromatic carbocycles. The van der Waals surface area contributed by atoms with Crippen LogP contribution in [0.1, 0.15) is 86.3 Å². The van der Waals surface area contributed by atoms with Crippen molar-refractivity contribution in [2.75, 3.05) is 44.2 Å². The molecule has 10 atom stereocenters. The number of nitrogens with zero attached hydrogens (tertiary/aromatic N) is 3. The van der Waals surface area contributed by atoms with E-state index in [0.29, 0.717) is 29.1 Å². The van der Waals surface area contributed by atoms with Gasteiger partial charge in [-0.2, -0.15) is 13.2 Å². The average molecular weight is 782 g/mol. The minimum atomic E-state index is -4.69. The first-order valence-corrected chi connectivity index (χ1v) is 20.2. The summed E-state index contributed by atoms with van der Waals surface area (Å²) in [7, 11) is 0. The van der Waals surface area contributed by atoms with Gasteiger partial charge in [-0.25, -0.2) is 4.98 Å². The number of aryl methyl sites for hydroxylation is 1. The number of piperazine rings is 1.